The van der Waals surface area contributed by atoms with Crippen molar-refractivity contribution in [3.8, 4) is 0 Å². The number of nitrogens with one attached hydrogen (secondary N) is 2. The van der Waals surface area contributed by atoms with Crippen molar-refractivity contribution in [2.24, 2.45) is 0 Å². The van der Waals surface area contributed by atoms with Crippen LogP contribution < -0.4 is 15.5 Å². The Labute approximate surface area is 152 Å². The van der Waals surface area contributed by atoms with Gasteiger partial charge in [-0.1, -0.05) is 29.8 Å². The first-order valence-electron chi connectivity index (χ1n) is 8.03. The van der Waals surface area contributed by atoms with Crippen molar-refractivity contribution in [2.75, 3.05) is 22.1 Å². The van der Waals surface area contributed by atoms with Crippen molar-refractivity contribution >= 4 is 40.5 Å². The van der Waals surface area contributed by atoms with Crippen molar-refractivity contribution in [3.63, 3.8) is 0 Å². The second-order valence-corrected chi connectivity index (χ2v) is 7.08. The minimum absolute atomic E-state index is 0.0630. The highest BCUT2D eigenvalue weighted by atomic mass is 35.5. The summed E-state index contributed by atoms with van der Waals surface area (Å²) in [4.78, 5) is 26.7. The summed E-state index contributed by atoms with van der Waals surface area (Å²) in [5.74, 6) is -0.427. The third kappa shape index (κ3) is 3.46. The molecular weight excluding hydrogens is 338 g/mol. The molecule has 0 spiro atoms. The summed E-state index contributed by atoms with van der Waals surface area (Å²) in [5.41, 5.74) is 2.30. The van der Waals surface area contributed by atoms with Crippen LogP contribution in [0.25, 0.3) is 0 Å². The molecule has 0 saturated heterocycles. The van der Waals surface area contributed by atoms with E-state index in [2.05, 4.69) is 10.6 Å². The van der Waals surface area contributed by atoms with Crippen LogP contribution in [0.2, 0.25) is 5.02 Å². The molecule has 0 saturated carbocycles. The molecule has 2 aromatic rings. The van der Waals surface area contributed by atoms with Gasteiger partial charge in [-0.25, -0.2) is 0 Å². The third-order valence-electron chi connectivity index (χ3n) is 4.18. The number of nitrogens with zero attached hydrogens (tertiary/aromatic N) is 1. The van der Waals surface area contributed by atoms with Gasteiger partial charge in [0, 0.05) is 10.7 Å². The lowest BCUT2D eigenvalue weighted by atomic mass is 9.98. The van der Waals surface area contributed by atoms with Gasteiger partial charge in [-0.05, 0) is 50.6 Å². The zero-order valence-electron chi connectivity index (χ0n) is 14.4. The predicted molar refractivity (Wildman–Crippen MR) is 101 cm³/mol. The Balaban J connectivity index is 1.82. The highest BCUT2D eigenvalue weighted by Gasteiger charge is 2.39. The van der Waals surface area contributed by atoms with Crippen LogP contribution in [0.1, 0.15) is 19.4 Å². The maximum absolute atomic E-state index is 12.8. The van der Waals surface area contributed by atoms with Gasteiger partial charge in [0.15, 0.2) is 0 Å². The fraction of sp³-hybridized carbons (Fsp3) is 0.263. The van der Waals surface area contributed by atoms with Crippen LogP contribution >= 0.6 is 11.6 Å². The summed E-state index contributed by atoms with van der Waals surface area (Å²) >= 11 is 6.09. The topological polar surface area (TPSA) is 61.4 Å². The monoisotopic (exact) mass is 357 g/mol. The van der Waals surface area contributed by atoms with Crippen molar-refractivity contribution in [1.82, 2.24) is 0 Å². The molecule has 0 radical (unpaired) electrons. The number of halogens is 1. The van der Waals surface area contributed by atoms with Gasteiger partial charge in [0.25, 0.3) is 5.91 Å². The molecular formula is C19H20ClN3O2. The van der Waals surface area contributed by atoms with Crippen LogP contribution in [0.5, 0.6) is 0 Å². The Morgan fingerprint density at radius 2 is 1.96 bits per heavy atom. The molecule has 1 aliphatic heterocycles. The minimum atomic E-state index is -0.776. The summed E-state index contributed by atoms with van der Waals surface area (Å²) in [6.45, 7) is 5.44. The summed E-state index contributed by atoms with van der Waals surface area (Å²) < 4.78 is 0. The molecule has 5 nitrogen and oxygen atoms in total. The number of anilines is 3. The average molecular weight is 358 g/mol. The predicted octanol–water partition coefficient (Wildman–Crippen LogP) is 3.82. The van der Waals surface area contributed by atoms with Crippen LogP contribution in [-0.4, -0.2) is 23.9 Å². The van der Waals surface area contributed by atoms with E-state index in [4.69, 9.17) is 11.6 Å². The molecule has 130 valence electrons. The van der Waals surface area contributed by atoms with E-state index in [9.17, 15) is 9.59 Å². The fourth-order valence-electron chi connectivity index (χ4n) is 2.82. The Kier molecular flexibility index (Phi) is 4.43. The average Bonchev–Trinajstić information content (AvgIpc) is 2.55. The molecule has 0 aliphatic carbocycles. The van der Waals surface area contributed by atoms with Crippen molar-refractivity contribution in [3.05, 3.63) is 53.1 Å². The third-order valence-corrected chi connectivity index (χ3v) is 4.59. The Morgan fingerprint density at radius 3 is 2.68 bits per heavy atom. The van der Waals surface area contributed by atoms with E-state index in [0.717, 1.165) is 11.3 Å². The highest BCUT2D eigenvalue weighted by Crippen LogP contribution is 2.34. The molecule has 0 unspecified atom stereocenters. The minimum Gasteiger partial charge on any atom is -0.370 e. The van der Waals surface area contributed by atoms with Crippen LogP contribution in [0.15, 0.2) is 42.5 Å². The summed E-state index contributed by atoms with van der Waals surface area (Å²) in [6.07, 6.45) is 0. The molecule has 6 heteroatoms. The summed E-state index contributed by atoms with van der Waals surface area (Å²) in [7, 11) is 0. The number of benzene rings is 2. The van der Waals surface area contributed by atoms with Gasteiger partial charge in [0.2, 0.25) is 5.91 Å². The van der Waals surface area contributed by atoms with E-state index in [0.29, 0.717) is 16.4 Å². The van der Waals surface area contributed by atoms with Gasteiger partial charge in [-0.2, -0.15) is 0 Å². The maximum Gasteiger partial charge on any atom is 0.252 e. The number of para-hydroxylation sites is 2. The van der Waals surface area contributed by atoms with Gasteiger partial charge in [0.1, 0.15) is 12.1 Å². The van der Waals surface area contributed by atoms with Crippen molar-refractivity contribution < 1.29 is 9.59 Å². The first kappa shape index (κ1) is 17.3. The van der Waals surface area contributed by atoms with Gasteiger partial charge >= 0.3 is 0 Å². The molecule has 1 aliphatic rings. The number of carbonyl (C=O) groups is 2. The van der Waals surface area contributed by atoms with E-state index in [1.807, 2.05) is 37.3 Å². The highest BCUT2D eigenvalue weighted by molar-refractivity contribution is 6.31. The standard InChI is InChI=1S/C19H20ClN3O2/c1-12-8-9-13(10-14(12)20)21-17(24)11-23-16-7-5-4-6-15(16)22-19(2,3)18(23)25/h4-10,22H,11H2,1-3H3,(H,21,24). The van der Waals surface area contributed by atoms with Gasteiger partial charge in [0.05, 0.1) is 11.4 Å². The second kappa shape index (κ2) is 6.41. The molecule has 0 bridgehead atoms. The lowest BCUT2D eigenvalue weighted by Gasteiger charge is -2.39. The molecule has 2 N–H and O–H groups in total. The number of hydrogen-bond acceptors (Lipinski definition) is 3. The van der Waals surface area contributed by atoms with Gasteiger partial charge in [-0.3, -0.25) is 14.5 Å². The van der Waals surface area contributed by atoms with Crippen molar-refractivity contribution in [2.45, 2.75) is 26.3 Å². The Bertz CT molecular complexity index is 848. The van der Waals surface area contributed by atoms with E-state index in [-0.39, 0.29) is 18.4 Å². The largest absolute Gasteiger partial charge is 0.370 e. The normalized spacial score (nSPS) is 15.4. The number of carbonyl (C=O) groups excluding carboxylic acids is 2. The smallest absolute Gasteiger partial charge is 0.252 e. The molecule has 0 aromatic heterocycles. The Hall–Kier alpha value is -2.53. The van der Waals surface area contributed by atoms with Crippen LogP contribution in [0, 0.1) is 6.92 Å². The second-order valence-electron chi connectivity index (χ2n) is 6.67. The summed E-state index contributed by atoms with van der Waals surface area (Å²) in [6, 6.07) is 12.8. The van der Waals surface area contributed by atoms with Gasteiger partial charge < -0.3 is 10.6 Å². The first-order chi connectivity index (χ1) is 11.8. The first-order valence-corrected chi connectivity index (χ1v) is 8.41. The summed E-state index contributed by atoms with van der Waals surface area (Å²) in [5, 5.41) is 6.60. The van der Waals surface area contributed by atoms with E-state index in [1.165, 1.54) is 4.90 Å². The van der Waals surface area contributed by atoms with Crippen LogP contribution in [0.4, 0.5) is 17.1 Å². The Morgan fingerprint density at radius 1 is 1.24 bits per heavy atom. The molecule has 0 fully saturated rings. The SMILES string of the molecule is Cc1ccc(NC(=O)CN2C(=O)C(C)(C)Nc3ccccc32)cc1Cl. The van der Waals surface area contributed by atoms with E-state index in [1.54, 1.807) is 26.0 Å². The lowest BCUT2D eigenvalue weighted by Crippen LogP contribution is -2.55. The number of amides is 2. The number of hydrogen-bond donors (Lipinski definition) is 2. The zero-order chi connectivity index (χ0) is 18.2. The molecule has 3 rings (SSSR count). The molecule has 25 heavy (non-hydrogen) atoms. The molecule has 1 heterocycles. The quantitative estimate of drug-likeness (QED) is 0.877. The zero-order valence-corrected chi connectivity index (χ0v) is 15.1. The molecule has 2 amide bonds. The molecule has 2 aromatic carbocycles. The number of rotatable bonds is 3. The number of aryl methyl sites for hydroxylation is 1. The van der Waals surface area contributed by atoms with Crippen molar-refractivity contribution in [1.29, 1.82) is 0 Å². The van der Waals surface area contributed by atoms with E-state index < -0.39 is 5.54 Å². The van der Waals surface area contributed by atoms with Gasteiger partial charge in [-0.15, -0.1) is 0 Å². The van der Waals surface area contributed by atoms with Crippen LogP contribution in [-0.2, 0) is 9.59 Å². The van der Waals surface area contributed by atoms with Crippen LogP contribution in [0.3, 0.4) is 0 Å². The maximum atomic E-state index is 12.8. The number of fused-ring (bicyclic) bond motifs is 1. The fourth-order valence-corrected chi connectivity index (χ4v) is 3.00. The van der Waals surface area contributed by atoms with E-state index >= 15 is 0 Å². The lowest BCUT2D eigenvalue weighted by molar-refractivity contribution is -0.124. The molecule has 0 atom stereocenters.